The number of hydrogen-bond donors (Lipinski definition) is 2. The monoisotopic (exact) mass is 166 g/mol. The molecule has 0 spiro atoms. The van der Waals surface area contributed by atoms with Crippen LogP contribution < -0.4 is 0 Å². The van der Waals surface area contributed by atoms with E-state index < -0.39 is 6.10 Å². The molecule has 1 aromatic carbocycles. The first kappa shape index (κ1) is 9.07. The highest BCUT2D eigenvalue weighted by Gasteiger charge is 2.10. The summed E-state index contributed by atoms with van der Waals surface area (Å²) in [6, 6.07) is 5.31. The summed E-state index contributed by atoms with van der Waals surface area (Å²) in [6.07, 6.45) is 0.232. The molecule has 1 rings (SSSR count). The average Bonchev–Trinajstić information content (AvgIpc) is 2.03. The highest BCUT2D eigenvalue weighted by atomic mass is 16.3. The quantitative estimate of drug-likeness (QED) is 0.705. The number of hydrogen-bond acceptors (Lipinski definition) is 2. The van der Waals surface area contributed by atoms with Gasteiger partial charge in [-0.3, -0.25) is 0 Å². The van der Waals surface area contributed by atoms with Crippen LogP contribution >= 0.6 is 0 Å². The van der Waals surface area contributed by atoms with E-state index in [1.165, 1.54) is 0 Å². The van der Waals surface area contributed by atoms with Gasteiger partial charge in [-0.1, -0.05) is 19.1 Å². The van der Waals surface area contributed by atoms with Gasteiger partial charge in [0.1, 0.15) is 5.75 Å². The molecule has 2 heteroatoms. The van der Waals surface area contributed by atoms with E-state index in [2.05, 4.69) is 0 Å². The van der Waals surface area contributed by atoms with Gasteiger partial charge in [-0.25, -0.2) is 0 Å². The number of benzene rings is 1. The molecule has 2 N–H and O–H groups in total. The van der Waals surface area contributed by atoms with Gasteiger partial charge in [0.15, 0.2) is 0 Å². The highest BCUT2D eigenvalue weighted by Crippen LogP contribution is 2.27. The van der Waals surface area contributed by atoms with Crippen LogP contribution in [-0.2, 0) is 6.42 Å². The molecule has 0 aromatic heterocycles. The lowest BCUT2D eigenvalue weighted by Gasteiger charge is -2.11. The van der Waals surface area contributed by atoms with Crippen molar-refractivity contribution < 1.29 is 10.2 Å². The number of aliphatic hydroxyl groups excluding tert-OH is 1. The fraction of sp³-hybridized carbons (Fsp3) is 0.400. The van der Waals surface area contributed by atoms with Crippen molar-refractivity contribution in [2.75, 3.05) is 0 Å². The minimum Gasteiger partial charge on any atom is -0.508 e. The third-order valence-corrected chi connectivity index (χ3v) is 1.97. The lowest BCUT2D eigenvalue weighted by Crippen LogP contribution is -1.97. The van der Waals surface area contributed by atoms with Gasteiger partial charge in [-0.05, 0) is 25.0 Å². The first-order chi connectivity index (χ1) is 5.66. The molecule has 0 heterocycles. The lowest BCUT2D eigenvalue weighted by molar-refractivity contribution is 0.194. The first-order valence-electron chi connectivity index (χ1n) is 4.15. The van der Waals surface area contributed by atoms with Crippen molar-refractivity contribution in [3.8, 4) is 5.75 Å². The summed E-state index contributed by atoms with van der Waals surface area (Å²) in [5, 5.41) is 18.8. The van der Waals surface area contributed by atoms with Crippen molar-refractivity contribution in [3.63, 3.8) is 0 Å². The maximum absolute atomic E-state index is 9.43. The summed E-state index contributed by atoms with van der Waals surface area (Å²) in [5.74, 6) is 0.185. The fourth-order valence-electron chi connectivity index (χ4n) is 1.39. The van der Waals surface area contributed by atoms with Gasteiger partial charge in [-0.15, -0.1) is 0 Å². The minimum absolute atomic E-state index is 0.185. The Morgan fingerprint density at radius 1 is 1.42 bits per heavy atom. The number of phenols is 1. The molecule has 0 fully saturated rings. The van der Waals surface area contributed by atoms with Crippen LogP contribution in [0.2, 0.25) is 0 Å². The maximum atomic E-state index is 9.43. The third-order valence-electron chi connectivity index (χ3n) is 1.97. The molecule has 1 unspecified atom stereocenters. The SMILES string of the molecule is CCc1cccc(O)c1C(C)O. The molecule has 0 amide bonds. The van der Waals surface area contributed by atoms with E-state index in [0.29, 0.717) is 5.56 Å². The Balaban J connectivity index is 3.20. The zero-order valence-electron chi connectivity index (χ0n) is 7.41. The molecule has 2 nitrogen and oxygen atoms in total. The Labute approximate surface area is 72.5 Å². The number of phenolic OH excluding ortho intramolecular Hbond substituents is 1. The van der Waals surface area contributed by atoms with Gasteiger partial charge in [0.05, 0.1) is 6.10 Å². The van der Waals surface area contributed by atoms with Gasteiger partial charge in [0, 0.05) is 5.56 Å². The standard InChI is InChI=1S/C10H14O2/c1-3-8-5-4-6-9(12)10(8)7(2)11/h4-7,11-12H,3H2,1-2H3. The van der Waals surface area contributed by atoms with Crippen molar-refractivity contribution in [2.45, 2.75) is 26.4 Å². The molecule has 0 saturated heterocycles. The zero-order valence-corrected chi connectivity index (χ0v) is 7.41. The highest BCUT2D eigenvalue weighted by molar-refractivity contribution is 5.40. The normalized spacial score (nSPS) is 12.9. The van der Waals surface area contributed by atoms with Gasteiger partial charge in [0.25, 0.3) is 0 Å². The van der Waals surface area contributed by atoms with Crippen LogP contribution in [0.3, 0.4) is 0 Å². The molecule has 1 atom stereocenters. The van der Waals surface area contributed by atoms with Crippen molar-refractivity contribution in [1.82, 2.24) is 0 Å². The number of rotatable bonds is 2. The summed E-state index contributed by atoms with van der Waals surface area (Å²) in [5.41, 5.74) is 1.66. The summed E-state index contributed by atoms with van der Waals surface area (Å²) in [7, 11) is 0. The molecule has 0 bridgehead atoms. The van der Waals surface area contributed by atoms with Crippen LogP contribution in [0.5, 0.6) is 5.75 Å². The van der Waals surface area contributed by atoms with E-state index in [9.17, 15) is 10.2 Å². The molecule has 0 radical (unpaired) electrons. The summed E-state index contributed by atoms with van der Waals surface area (Å²) in [6.45, 7) is 3.66. The second-order valence-corrected chi connectivity index (χ2v) is 2.88. The molecule has 0 aliphatic heterocycles. The van der Waals surface area contributed by atoms with Crippen molar-refractivity contribution >= 4 is 0 Å². The van der Waals surface area contributed by atoms with Crippen LogP contribution in [0.4, 0.5) is 0 Å². The van der Waals surface area contributed by atoms with Crippen LogP contribution in [0.15, 0.2) is 18.2 Å². The zero-order chi connectivity index (χ0) is 9.14. The molecule has 66 valence electrons. The third kappa shape index (κ3) is 1.59. The molecule has 0 aliphatic carbocycles. The van der Waals surface area contributed by atoms with E-state index in [1.807, 2.05) is 13.0 Å². The lowest BCUT2D eigenvalue weighted by atomic mass is 10.0. The van der Waals surface area contributed by atoms with Crippen molar-refractivity contribution in [1.29, 1.82) is 0 Å². The number of aliphatic hydroxyl groups is 1. The largest absolute Gasteiger partial charge is 0.508 e. The summed E-state index contributed by atoms with van der Waals surface area (Å²) < 4.78 is 0. The second-order valence-electron chi connectivity index (χ2n) is 2.88. The van der Waals surface area contributed by atoms with Crippen LogP contribution in [0, 0.1) is 0 Å². The first-order valence-corrected chi connectivity index (χ1v) is 4.15. The fourth-order valence-corrected chi connectivity index (χ4v) is 1.39. The molecule has 0 saturated carbocycles. The van der Waals surface area contributed by atoms with Gasteiger partial charge in [0.2, 0.25) is 0 Å². The molecule has 12 heavy (non-hydrogen) atoms. The molecule has 1 aromatic rings. The van der Waals surface area contributed by atoms with Crippen molar-refractivity contribution in [2.24, 2.45) is 0 Å². The Morgan fingerprint density at radius 2 is 2.08 bits per heavy atom. The van der Waals surface area contributed by atoms with E-state index in [-0.39, 0.29) is 5.75 Å². The summed E-state index contributed by atoms with van der Waals surface area (Å²) >= 11 is 0. The van der Waals surface area contributed by atoms with E-state index >= 15 is 0 Å². The van der Waals surface area contributed by atoms with Crippen LogP contribution in [0.25, 0.3) is 0 Å². The Morgan fingerprint density at radius 3 is 2.50 bits per heavy atom. The molecular weight excluding hydrogens is 152 g/mol. The Kier molecular flexibility index (Phi) is 2.71. The van der Waals surface area contributed by atoms with Gasteiger partial charge in [-0.2, -0.15) is 0 Å². The average molecular weight is 166 g/mol. The second kappa shape index (κ2) is 3.59. The predicted octanol–water partition coefficient (Wildman–Crippen LogP) is 2.01. The van der Waals surface area contributed by atoms with E-state index in [1.54, 1.807) is 19.1 Å². The predicted molar refractivity (Wildman–Crippen MR) is 48.1 cm³/mol. The molecule has 0 aliphatic rings. The van der Waals surface area contributed by atoms with Gasteiger partial charge < -0.3 is 10.2 Å². The van der Waals surface area contributed by atoms with E-state index in [4.69, 9.17) is 0 Å². The number of aromatic hydroxyl groups is 1. The minimum atomic E-state index is -0.596. The van der Waals surface area contributed by atoms with Crippen LogP contribution in [-0.4, -0.2) is 10.2 Å². The van der Waals surface area contributed by atoms with E-state index in [0.717, 1.165) is 12.0 Å². The summed E-state index contributed by atoms with van der Waals surface area (Å²) in [4.78, 5) is 0. The topological polar surface area (TPSA) is 40.5 Å². The van der Waals surface area contributed by atoms with Crippen molar-refractivity contribution in [3.05, 3.63) is 29.3 Å². The maximum Gasteiger partial charge on any atom is 0.121 e. The Hall–Kier alpha value is -1.02. The Bertz CT molecular complexity index is 267. The molecular formula is C10H14O2. The van der Waals surface area contributed by atoms with Crippen LogP contribution in [0.1, 0.15) is 31.1 Å². The number of aryl methyl sites for hydroxylation is 1. The smallest absolute Gasteiger partial charge is 0.121 e. The van der Waals surface area contributed by atoms with Gasteiger partial charge >= 0.3 is 0 Å².